The van der Waals surface area contributed by atoms with Crippen LogP contribution in [0.4, 0.5) is 5.82 Å². The molecule has 3 rings (SSSR count). The van der Waals surface area contributed by atoms with Gasteiger partial charge in [-0.05, 0) is 43.9 Å². The predicted molar refractivity (Wildman–Crippen MR) is 85.1 cm³/mol. The molecule has 0 saturated carbocycles. The van der Waals surface area contributed by atoms with E-state index >= 15 is 0 Å². The first-order valence-electron chi connectivity index (χ1n) is 7.56. The van der Waals surface area contributed by atoms with Gasteiger partial charge in [0.1, 0.15) is 11.9 Å². The minimum absolute atomic E-state index is 0.672. The molecule has 1 aromatic heterocycles. The Kier molecular flexibility index (Phi) is 4.03. The van der Waals surface area contributed by atoms with Crippen molar-refractivity contribution in [2.45, 2.75) is 19.3 Å². The first-order chi connectivity index (χ1) is 10.3. The van der Waals surface area contributed by atoms with E-state index < -0.39 is 0 Å². The van der Waals surface area contributed by atoms with Crippen LogP contribution >= 0.6 is 0 Å². The molecule has 2 aromatic rings. The summed E-state index contributed by atoms with van der Waals surface area (Å²) >= 11 is 0. The molecule has 21 heavy (non-hydrogen) atoms. The molecule has 2 heterocycles. The van der Waals surface area contributed by atoms with Crippen molar-refractivity contribution in [3.8, 4) is 6.07 Å². The lowest BCUT2D eigenvalue weighted by Gasteiger charge is -2.33. The SMILES string of the molecule is N#Cc1cc2ccccc2nc1N1CCC(CCN)CC1. The van der Waals surface area contributed by atoms with Gasteiger partial charge >= 0.3 is 0 Å². The number of nitrogens with two attached hydrogens (primary N) is 1. The Labute approximate surface area is 125 Å². The highest BCUT2D eigenvalue weighted by atomic mass is 15.2. The molecule has 1 aromatic carbocycles. The van der Waals surface area contributed by atoms with Crippen LogP contribution in [-0.4, -0.2) is 24.6 Å². The molecule has 1 saturated heterocycles. The third-order valence-electron chi connectivity index (χ3n) is 4.31. The highest BCUT2D eigenvalue weighted by molar-refractivity contribution is 5.83. The quantitative estimate of drug-likeness (QED) is 0.938. The van der Waals surface area contributed by atoms with Gasteiger partial charge < -0.3 is 10.6 Å². The summed E-state index contributed by atoms with van der Waals surface area (Å²) < 4.78 is 0. The van der Waals surface area contributed by atoms with Crippen LogP contribution in [0.5, 0.6) is 0 Å². The number of pyridine rings is 1. The van der Waals surface area contributed by atoms with Gasteiger partial charge in [-0.2, -0.15) is 5.26 Å². The van der Waals surface area contributed by atoms with Gasteiger partial charge in [-0.3, -0.25) is 0 Å². The number of anilines is 1. The molecule has 1 fully saturated rings. The van der Waals surface area contributed by atoms with Crippen LogP contribution in [0.25, 0.3) is 10.9 Å². The maximum atomic E-state index is 9.41. The normalized spacial score (nSPS) is 16.1. The fourth-order valence-corrected chi connectivity index (χ4v) is 3.10. The smallest absolute Gasteiger partial charge is 0.147 e. The molecule has 0 radical (unpaired) electrons. The van der Waals surface area contributed by atoms with Gasteiger partial charge in [-0.25, -0.2) is 4.98 Å². The van der Waals surface area contributed by atoms with E-state index in [1.807, 2.05) is 30.3 Å². The molecule has 0 aliphatic carbocycles. The van der Waals surface area contributed by atoms with E-state index in [1.165, 1.54) is 0 Å². The number of piperidine rings is 1. The Morgan fingerprint density at radius 3 is 2.76 bits per heavy atom. The highest BCUT2D eigenvalue weighted by Crippen LogP contribution is 2.28. The maximum Gasteiger partial charge on any atom is 0.147 e. The highest BCUT2D eigenvalue weighted by Gasteiger charge is 2.22. The number of benzene rings is 1. The molecule has 108 valence electrons. The number of aromatic nitrogens is 1. The van der Waals surface area contributed by atoms with Gasteiger partial charge in [-0.15, -0.1) is 0 Å². The Morgan fingerprint density at radius 2 is 2.05 bits per heavy atom. The molecule has 0 amide bonds. The van der Waals surface area contributed by atoms with Gasteiger partial charge in [-0.1, -0.05) is 18.2 Å². The van der Waals surface area contributed by atoms with E-state index in [0.29, 0.717) is 5.56 Å². The molecule has 0 spiro atoms. The van der Waals surface area contributed by atoms with Crippen molar-refractivity contribution in [2.24, 2.45) is 11.7 Å². The fraction of sp³-hybridized carbons (Fsp3) is 0.412. The predicted octanol–water partition coefficient (Wildman–Crippen LogP) is 2.67. The molecule has 4 nitrogen and oxygen atoms in total. The maximum absolute atomic E-state index is 9.41. The molecule has 4 heteroatoms. The summed E-state index contributed by atoms with van der Waals surface area (Å²) in [6.07, 6.45) is 3.37. The van der Waals surface area contributed by atoms with Gasteiger partial charge in [0.05, 0.1) is 11.1 Å². The van der Waals surface area contributed by atoms with Gasteiger partial charge in [0.2, 0.25) is 0 Å². The second-order valence-electron chi connectivity index (χ2n) is 5.67. The molecule has 1 aliphatic rings. The Hall–Kier alpha value is -2.12. The lowest BCUT2D eigenvalue weighted by Crippen LogP contribution is -2.35. The monoisotopic (exact) mass is 280 g/mol. The molecule has 0 bridgehead atoms. The average Bonchev–Trinajstić information content (AvgIpc) is 2.54. The summed E-state index contributed by atoms with van der Waals surface area (Å²) in [6.45, 7) is 2.69. The van der Waals surface area contributed by atoms with Crippen LogP contribution in [0.15, 0.2) is 30.3 Å². The molecular formula is C17H20N4. The topological polar surface area (TPSA) is 65.9 Å². The number of nitrogens with zero attached hydrogens (tertiary/aromatic N) is 3. The van der Waals surface area contributed by atoms with Gasteiger partial charge in [0, 0.05) is 18.5 Å². The largest absolute Gasteiger partial charge is 0.355 e. The van der Waals surface area contributed by atoms with Crippen LogP contribution in [0, 0.1) is 17.2 Å². The van der Waals surface area contributed by atoms with Crippen molar-refractivity contribution in [3.63, 3.8) is 0 Å². The molecule has 2 N–H and O–H groups in total. The summed E-state index contributed by atoms with van der Waals surface area (Å²) in [6, 6.07) is 12.2. The van der Waals surface area contributed by atoms with Crippen molar-refractivity contribution in [1.29, 1.82) is 5.26 Å². The van der Waals surface area contributed by atoms with E-state index in [-0.39, 0.29) is 0 Å². The average molecular weight is 280 g/mol. The third-order valence-corrected chi connectivity index (χ3v) is 4.31. The number of nitriles is 1. The van der Waals surface area contributed by atoms with E-state index in [4.69, 9.17) is 10.7 Å². The zero-order valence-corrected chi connectivity index (χ0v) is 12.1. The Bertz CT molecular complexity index is 666. The minimum atomic E-state index is 0.672. The van der Waals surface area contributed by atoms with Gasteiger partial charge in [0.25, 0.3) is 0 Å². The number of fused-ring (bicyclic) bond motifs is 1. The third kappa shape index (κ3) is 2.84. The lowest BCUT2D eigenvalue weighted by molar-refractivity contribution is 0.385. The second-order valence-corrected chi connectivity index (χ2v) is 5.67. The standard InChI is InChI=1S/C17H20N4/c18-8-5-13-6-9-21(10-7-13)17-15(12-19)11-14-3-1-2-4-16(14)20-17/h1-4,11,13H,5-10,18H2. The van der Waals surface area contributed by atoms with Crippen LogP contribution < -0.4 is 10.6 Å². The van der Waals surface area contributed by atoms with Crippen molar-refractivity contribution >= 4 is 16.7 Å². The summed E-state index contributed by atoms with van der Waals surface area (Å²) in [5.74, 6) is 1.56. The molecule has 0 unspecified atom stereocenters. The number of rotatable bonds is 3. The number of hydrogen-bond acceptors (Lipinski definition) is 4. The summed E-state index contributed by atoms with van der Waals surface area (Å²) in [5.41, 5.74) is 7.27. The van der Waals surface area contributed by atoms with Crippen LogP contribution in [0.2, 0.25) is 0 Å². The summed E-state index contributed by atoms with van der Waals surface area (Å²) in [4.78, 5) is 6.97. The van der Waals surface area contributed by atoms with E-state index in [1.54, 1.807) is 0 Å². The molecule has 0 atom stereocenters. The second kappa shape index (κ2) is 6.11. The fourth-order valence-electron chi connectivity index (χ4n) is 3.10. The van der Waals surface area contributed by atoms with E-state index in [2.05, 4.69) is 11.0 Å². The number of hydrogen-bond donors (Lipinski definition) is 1. The lowest BCUT2D eigenvalue weighted by atomic mass is 9.93. The molecular weight excluding hydrogens is 260 g/mol. The van der Waals surface area contributed by atoms with Crippen molar-refractivity contribution in [3.05, 3.63) is 35.9 Å². The van der Waals surface area contributed by atoms with Gasteiger partial charge in [0.15, 0.2) is 0 Å². The van der Waals surface area contributed by atoms with Crippen molar-refractivity contribution in [2.75, 3.05) is 24.5 Å². The van der Waals surface area contributed by atoms with Crippen LogP contribution in [0.1, 0.15) is 24.8 Å². The first-order valence-corrected chi connectivity index (χ1v) is 7.56. The Morgan fingerprint density at radius 1 is 1.29 bits per heavy atom. The van der Waals surface area contributed by atoms with Crippen molar-refractivity contribution in [1.82, 2.24) is 4.98 Å². The zero-order valence-electron chi connectivity index (χ0n) is 12.1. The van der Waals surface area contributed by atoms with E-state index in [0.717, 1.165) is 61.5 Å². The summed E-state index contributed by atoms with van der Waals surface area (Å²) in [5, 5.41) is 10.4. The summed E-state index contributed by atoms with van der Waals surface area (Å²) in [7, 11) is 0. The van der Waals surface area contributed by atoms with Crippen molar-refractivity contribution < 1.29 is 0 Å². The minimum Gasteiger partial charge on any atom is -0.355 e. The number of para-hydroxylation sites is 1. The first kappa shape index (κ1) is 13.8. The molecule has 1 aliphatic heterocycles. The van der Waals surface area contributed by atoms with Crippen LogP contribution in [-0.2, 0) is 0 Å². The Balaban J connectivity index is 1.88. The zero-order chi connectivity index (χ0) is 14.7. The van der Waals surface area contributed by atoms with Crippen LogP contribution in [0.3, 0.4) is 0 Å². The van der Waals surface area contributed by atoms with E-state index in [9.17, 15) is 5.26 Å².